The van der Waals surface area contributed by atoms with E-state index in [0.717, 1.165) is 29.0 Å². The number of hydrogen-bond acceptors (Lipinski definition) is 4. The first-order valence-corrected chi connectivity index (χ1v) is 14.0. The maximum absolute atomic E-state index is 13.1. The molecule has 1 aliphatic heterocycles. The van der Waals surface area contributed by atoms with E-state index in [-0.39, 0.29) is 25.3 Å². The van der Waals surface area contributed by atoms with Crippen molar-refractivity contribution in [3.05, 3.63) is 105 Å². The van der Waals surface area contributed by atoms with Gasteiger partial charge >= 0.3 is 6.18 Å². The number of benzene rings is 3. The Balaban J connectivity index is 1.61. The number of alkyl halides is 3. The Morgan fingerprint density at radius 2 is 1.68 bits per heavy atom. The molecule has 0 saturated heterocycles. The summed E-state index contributed by atoms with van der Waals surface area (Å²) in [5.41, 5.74) is 1.01. The third-order valence-electron chi connectivity index (χ3n) is 7.09. The number of ether oxygens (including phenoxy) is 1. The molecule has 41 heavy (non-hydrogen) atoms. The molecule has 3 atom stereocenters. The number of hydrogen-bond donors (Lipinski definition) is 1. The van der Waals surface area contributed by atoms with Crippen molar-refractivity contribution in [2.75, 3.05) is 13.3 Å². The Morgan fingerprint density at radius 1 is 0.976 bits per heavy atom. The first kappa shape index (κ1) is 31.1. The third-order valence-corrected chi connectivity index (χ3v) is 7.57. The highest BCUT2D eigenvalue weighted by atomic mass is 35.5. The molecule has 3 unspecified atom stereocenters. The van der Waals surface area contributed by atoms with Crippen molar-refractivity contribution >= 4 is 28.9 Å². The van der Waals surface area contributed by atoms with Crippen LogP contribution in [0.1, 0.15) is 55.4 Å². The Morgan fingerprint density at radius 3 is 2.32 bits per heavy atom. The zero-order chi connectivity index (χ0) is 29.8. The van der Waals surface area contributed by atoms with Crippen LogP contribution in [0.25, 0.3) is 0 Å². The van der Waals surface area contributed by atoms with E-state index in [9.17, 15) is 18.4 Å². The standard InChI is InChI=1S/C32H32Cl2F3N3O/c1-30(2,3)16-28-31(19-38,23-10-12-25(33)13-11-23)29(22-7-5-9-26(34)15-22)27(40-28)18-41-20-39-17-21-6-4-8-24(14-21)32(35,36)37/h4-15,27,29,39H,16-18,20H2,1-3H3. The normalized spacial score (nSPS) is 21.0. The predicted octanol–water partition coefficient (Wildman–Crippen LogP) is 8.58. The van der Waals surface area contributed by atoms with Crippen LogP contribution in [0.15, 0.2) is 77.8 Å². The van der Waals surface area contributed by atoms with Gasteiger partial charge in [-0.2, -0.15) is 18.4 Å². The fourth-order valence-electron chi connectivity index (χ4n) is 5.40. The zero-order valence-electron chi connectivity index (χ0n) is 23.1. The largest absolute Gasteiger partial charge is 0.416 e. The van der Waals surface area contributed by atoms with E-state index in [0.29, 0.717) is 22.0 Å². The van der Waals surface area contributed by atoms with Crippen molar-refractivity contribution in [1.29, 1.82) is 5.26 Å². The lowest BCUT2D eigenvalue weighted by Gasteiger charge is -2.35. The van der Waals surface area contributed by atoms with Crippen molar-refractivity contribution in [2.45, 2.75) is 57.3 Å². The van der Waals surface area contributed by atoms with Gasteiger partial charge in [0.15, 0.2) is 0 Å². The van der Waals surface area contributed by atoms with Gasteiger partial charge in [-0.3, -0.25) is 10.3 Å². The van der Waals surface area contributed by atoms with Crippen molar-refractivity contribution in [3.63, 3.8) is 0 Å². The second-order valence-electron chi connectivity index (χ2n) is 11.5. The number of nitriles is 1. The molecule has 216 valence electrons. The molecule has 1 heterocycles. The van der Waals surface area contributed by atoms with Crippen LogP contribution in [0.2, 0.25) is 10.0 Å². The summed E-state index contributed by atoms with van der Waals surface area (Å²) in [6.07, 6.45) is -3.81. The van der Waals surface area contributed by atoms with Crippen LogP contribution in [-0.2, 0) is 22.9 Å². The van der Waals surface area contributed by atoms with Crippen LogP contribution in [0.3, 0.4) is 0 Å². The summed E-state index contributed by atoms with van der Waals surface area (Å²) in [6, 6.07) is 22.2. The van der Waals surface area contributed by atoms with Crippen molar-refractivity contribution in [2.24, 2.45) is 10.4 Å². The number of rotatable bonds is 9. The topological polar surface area (TPSA) is 57.4 Å². The minimum absolute atomic E-state index is 0.0969. The molecule has 0 aliphatic carbocycles. The van der Waals surface area contributed by atoms with Crippen LogP contribution in [0.4, 0.5) is 13.2 Å². The van der Waals surface area contributed by atoms with E-state index in [2.05, 4.69) is 32.2 Å². The Kier molecular flexibility index (Phi) is 9.50. The van der Waals surface area contributed by atoms with E-state index < -0.39 is 29.1 Å². The highest BCUT2D eigenvalue weighted by Crippen LogP contribution is 2.50. The molecule has 0 fully saturated rings. The lowest BCUT2D eigenvalue weighted by Crippen LogP contribution is -2.41. The lowest BCUT2D eigenvalue weighted by molar-refractivity contribution is -0.137. The molecule has 0 spiro atoms. The fourth-order valence-corrected chi connectivity index (χ4v) is 5.72. The van der Waals surface area contributed by atoms with Crippen LogP contribution in [0.5, 0.6) is 0 Å². The van der Waals surface area contributed by atoms with Gasteiger partial charge in [0.2, 0.25) is 0 Å². The molecule has 1 aliphatic rings. The van der Waals surface area contributed by atoms with Gasteiger partial charge in [-0.05, 0) is 58.9 Å². The average molecular weight is 603 g/mol. The molecule has 3 aromatic carbocycles. The van der Waals surface area contributed by atoms with Crippen LogP contribution in [-0.4, -0.2) is 25.1 Å². The molecule has 0 bridgehead atoms. The van der Waals surface area contributed by atoms with Gasteiger partial charge in [0.25, 0.3) is 0 Å². The maximum Gasteiger partial charge on any atom is 0.416 e. The summed E-state index contributed by atoms with van der Waals surface area (Å²) in [4.78, 5) is 5.12. The molecule has 0 amide bonds. The van der Waals surface area contributed by atoms with Crippen LogP contribution in [0, 0.1) is 16.7 Å². The number of nitrogens with one attached hydrogen (secondary N) is 1. The van der Waals surface area contributed by atoms with Crippen LogP contribution < -0.4 is 5.32 Å². The zero-order valence-corrected chi connectivity index (χ0v) is 24.6. The molecule has 0 radical (unpaired) electrons. The molecule has 9 heteroatoms. The molecule has 3 aromatic rings. The SMILES string of the molecule is CC(C)(C)CC1=NC(COCNCc2cccc(C(F)(F)F)c2)C(c2cccc(Cl)c2)C1(C#N)c1ccc(Cl)cc1. The summed E-state index contributed by atoms with van der Waals surface area (Å²) in [5, 5.41) is 15.1. The van der Waals surface area contributed by atoms with E-state index in [1.54, 1.807) is 24.3 Å². The van der Waals surface area contributed by atoms with Gasteiger partial charge < -0.3 is 4.74 Å². The smallest absolute Gasteiger partial charge is 0.364 e. The number of aliphatic imine (C=N–C) groups is 1. The summed E-state index contributed by atoms with van der Waals surface area (Å²) in [7, 11) is 0. The van der Waals surface area contributed by atoms with Crippen molar-refractivity contribution in [3.8, 4) is 6.07 Å². The Bertz CT molecular complexity index is 1430. The molecule has 0 saturated carbocycles. The maximum atomic E-state index is 13.1. The number of nitrogens with zero attached hydrogens (tertiary/aromatic N) is 2. The quantitative estimate of drug-likeness (QED) is 0.197. The summed E-state index contributed by atoms with van der Waals surface area (Å²) in [5.74, 6) is -0.395. The average Bonchev–Trinajstić information content (AvgIpc) is 3.20. The van der Waals surface area contributed by atoms with Gasteiger partial charge in [-0.25, -0.2) is 0 Å². The Labute approximate surface area is 249 Å². The lowest BCUT2D eigenvalue weighted by atomic mass is 9.63. The minimum atomic E-state index is -4.40. The Hall–Kier alpha value is -2.89. The molecular weight excluding hydrogens is 570 g/mol. The molecule has 4 rings (SSSR count). The van der Waals surface area contributed by atoms with E-state index in [4.69, 9.17) is 32.9 Å². The van der Waals surface area contributed by atoms with Gasteiger partial charge in [0.1, 0.15) is 5.41 Å². The second-order valence-corrected chi connectivity index (χ2v) is 12.4. The predicted molar refractivity (Wildman–Crippen MR) is 157 cm³/mol. The highest BCUT2D eigenvalue weighted by Gasteiger charge is 2.54. The molecule has 1 N–H and O–H groups in total. The molecule has 0 aromatic heterocycles. The van der Waals surface area contributed by atoms with Gasteiger partial charge in [0, 0.05) is 28.2 Å². The summed E-state index contributed by atoms with van der Waals surface area (Å²) in [6.45, 7) is 6.81. The summed E-state index contributed by atoms with van der Waals surface area (Å²) < 4.78 is 45.2. The van der Waals surface area contributed by atoms with Crippen LogP contribution >= 0.6 is 23.2 Å². The monoisotopic (exact) mass is 601 g/mol. The fraction of sp³-hybridized carbons (Fsp3) is 0.375. The van der Waals surface area contributed by atoms with Gasteiger partial charge in [-0.1, -0.05) is 86.4 Å². The molecular formula is C32H32Cl2F3N3O. The minimum Gasteiger partial charge on any atom is -0.364 e. The van der Waals surface area contributed by atoms with E-state index >= 15 is 0 Å². The highest BCUT2D eigenvalue weighted by molar-refractivity contribution is 6.31. The van der Waals surface area contributed by atoms with E-state index in [1.807, 2.05) is 30.3 Å². The molecule has 4 nitrogen and oxygen atoms in total. The van der Waals surface area contributed by atoms with Gasteiger partial charge in [-0.15, -0.1) is 0 Å². The number of halogens is 5. The van der Waals surface area contributed by atoms with E-state index in [1.165, 1.54) is 6.07 Å². The first-order chi connectivity index (χ1) is 19.3. The van der Waals surface area contributed by atoms with Gasteiger partial charge in [0.05, 0.1) is 31.0 Å². The first-order valence-electron chi connectivity index (χ1n) is 13.3. The third kappa shape index (κ3) is 7.31. The van der Waals surface area contributed by atoms with Crippen molar-refractivity contribution in [1.82, 2.24) is 5.32 Å². The second kappa shape index (κ2) is 12.5. The summed E-state index contributed by atoms with van der Waals surface area (Å²) >= 11 is 12.6. The van der Waals surface area contributed by atoms with Crippen molar-refractivity contribution < 1.29 is 17.9 Å².